The van der Waals surface area contributed by atoms with E-state index in [1.165, 1.54) is 36.5 Å². The summed E-state index contributed by atoms with van der Waals surface area (Å²) in [5.41, 5.74) is -1.30. The number of carbonyl (C=O) groups excluding carboxylic acids is 1. The predicted molar refractivity (Wildman–Crippen MR) is 148 cm³/mol. The number of aromatic amines is 1. The van der Waals surface area contributed by atoms with E-state index in [0.717, 1.165) is 6.07 Å². The summed E-state index contributed by atoms with van der Waals surface area (Å²) in [6.45, 7) is 4.02. The molecular weight excluding hydrogens is 554 g/mol. The van der Waals surface area contributed by atoms with Gasteiger partial charge in [-0.15, -0.1) is 5.10 Å². The smallest absolute Gasteiger partial charge is 0.417 e. The molecule has 0 aliphatic carbocycles. The number of aliphatic hydroxyl groups is 1. The van der Waals surface area contributed by atoms with Gasteiger partial charge in [-0.1, -0.05) is 32.0 Å². The highest BCUT2D eigenvalue weighted by Gasteiger charge is 2.34. The first-order chi connectivity index (χ1) is 20.0. The Bertz CT molecular complexity index is 1520. The molecule has 1 amide bonds. The van der Waals surface area contributed by atoms with Gasteiger partial charge in [-0.25, -0.2) is 14.4 Å². The third-order valence-corrected chi connectivity index (χ3v) is 7.03. The van der Waals surface area contributed by atoms with Crippen molar-refractivity contribution in [1.82, 2.24) is 20.2 Å². The third kappa shape index (κ3) is 7.69. The maximum absolute atomic E-state index is 13.9. The summed E-state index contributed by atoms with van der Waals surface area (Å²) in [6.07, 6.45) is -1.06. The van der Waals surface area contributed by atoms with Crippen molar-refractivity contribution in [2.45, 2.75) is 57.7 Å². The molecule has 2 aromatic heterocycles. The van der Waals surface area contributed by atoms with Crippen molar-refractivity contribution in [3.8, 4) is 16.9 Å². The number of hydrogen-bond donors (Lipinski definition) is 3. The maximum Gasteiger partial charge on any atom is 0.417 e. The van der Waals surface area contributed by atoms with Crippen molar-refractivity contribution in [2.24, 2.45) is 0 Å². The fourth-order valence-electron chi connectivity index (χ4n) is 4.43. The Morgan fingerprint density at radius 3 is 2.55 bits per heavy atom. The summed E-state index contributed by atoms with van der Waals surface area (Å²) >= 11 is 0. The van der Waals surface area contributed by atoms with Crippen molar-refractivity contribution in [2.75, 3.05) is 11.9 Å². The number of nitrogens with one attached hydrogen (secondary N) is 2. The number of pyridine rings is 1. The number of halogens is 4. The fourth-order valence-corrected chi connectivity index (χ4v) is 4.43. The van der Waals surface area contributed by atoms with Gasteiger partial charge in [0.1, 0.15) is 23.2 Å². The number of hydrogen-bond acceptors (Lipinski definition) is 6. The topological polar surface area (TPSA) is 113 Å². The van der Waals surface area contributed by atoms with Gasteiger partial charge >= 0.3 is 6.18 Å². The minimum atomic E-state index is -4.65. The second kappa shape index (κ2) is 13.1. The number of rotatable bonds is 12. The Balaban J connectivity index is 1.49. The summed E-state index contributed by atoms with van der Waals surface area (Å²) in [5.74, 6) is -0.932. The Morgan fingerprint density at radius 1 is 1.07 bits per heavy atom. The molecule has 3 N–H and O–H groups in total. The Morgan fingerprint density at radius 2 is 1.83 bits per heavy atom. The van der Waals surface area contributed by atoms with Crippen molar-refractivity contribution in [3.05, 3.63) is 89.4 Å². The largest absolute Gasteiger partial charge is 0.494 e. The van der Waals surface area contributed by atoms with Gasteiger partial charge in [-0.3, -0.25) is 9.89 Å². The van der Waals surface area contributed by atoms with E-state index in [-0.39, 0.29) is 47.4 Å². The highest BCUT2D eigenvalue weighted by atomic mass is 19.4. The fraction of sp³-hybridized carbons (Fsp3) is 0.333. The molecule has 2 aromatic carbocycles. The standard InChI is InChI=1S/C30H31F4N5O3/c1-3-29(41,4-2)13-7-15-42-21-10-11-23(30(32,33)34)22(18-21)19-12-14-35-25(16-19)37-28(40)27-36-26(38-39-27)17-20-8-5-6-9-24(20)31/h5-6,8-12,14,16,18,41H,3-4,7,13,15,17H2,1-2H3,(H,35,37,40)(H,36,38,39). The van der Waals surface area contributed by atoms with E-state index in [1.54, 1.807) is 18.2 Å². The lowest BCUT2D eigenvalue weighted by atomic mass is 9.92. The van der Waals surface area contributed by atoms with Crippen molar-refractivity contribution in [1.29, 1.82) is 0 Å². The zero-order chi connectivity index (χ0) is 30.3. The van der Waals surface area contributed by atoms with Crippen LogP contribution in [0.25, 0.3) is 11.1 Å². The van der Waals surface area contributed by atoms with Crippen molar-refractivity contribution >= 4 is 11.7 Å². The number of anilines is 1. The van der Waals surface area contributed by atoms with Crippen LogP contribution in [-0.2, 0) is 12.6 Å². The summed E-state index contributed by atoms with van der Waals surface area (Å²) in [5, 5.41) is 19.4. The average Bonchev–Trinajstić information content (AvgIpc) is 3.45. The van der Waals surface area contributed by atoms with Crippen LogP contribution in [0.4, 0.5) is 23.4 Å². The van der Waals surface area contributed by atoms with Crippen LogP contribution in [0.15, 0.2) is 60.8 Å². The number of amides is 1. The van der Waals surface area contributed by atoms with E-state index in [0.29, 0.717) is 31.2 Å². The summed E-state index contributed by atoms with van der Waals surface area (Å²) in [7, 11) is 0. The molecule has 12 heteroatoms. The van der Waals surface area contributed by atoms with Crippen LogP contribution in [0.2, 0.25) is 0 Å². The molecule has 0 unspecified atom stereocenters. The van der Waals surface area contributed by atoms with E-state index in [9.17, 15) is 27.5 Å². The number of H-pyrrole nitrogens is 1. The SMILES string of the molecule is CCC(O)(CC)CCCOc1ccc(C(F)(F)F)c(-c2ccnc(NC(=O)c3n[nH]c(Cc4ccccc4F)n3)c2)c1. The van der Waals surface area contributed by atoms with Gasteiger partial charge in [0.05, 0.1) is 17.8 Å². The van der Waals surface area contributed by atoms with Gasteiger partial charge in [0.15, 0.2) is 0 Å². The van der Waals surface area contributed by atoms with Crippen molar-refractivity contribution in [3.63, 3.8) is 0 Å². The maximum atomic E-state index is 13.9. The summed E-state index contributed by atoms with van der Waals surface area (Å²) < 4.78 is 61.4. The van der Waals surface area contributed by atoms with E-state index < -0.39 is 29.1 Å². The second-order valence-electron chi connectivity index (χ2n) is 9.85. The molecule has 0 bridgehead atoms. The number of benzene rings is 2. The zero-order valence-electron chi connectivity index (χ0n) is 23.1. The summed E-state index contributed by atoms with van der Waals surface area (Å²) in [6, 6.07) is 12.3. The molecule has 8 nitrogen and oxygen atoms in total. The van der Waals surface area contributed by atoms with Crippen LogP contribution in [0, 0.1) is 5.82 Å². The number of alkyl halides is 3. The Kier molecular flexibility index (Phi) is 9.56. The van der Waals surface area contributed by atoms with Crippen LogP contribution >= 0.6 is 0 Å². The number of ether oxygens (including phenoxy) is 1. The van der Waals surface area contributed by atoms with Crippen LogP contribution in [0.1, 0.15) is 67.1 Å². The van der Waals surface area contributed by atoms with Gasteiger partial charge in [0.2, 0.25) is 5.82 Å². The molecule has 0 atom stereocenters. The molecule has 222 valence electrons. The van der Waals surface area contributed by atoms with E-state index in [1.807, 2.05) is 13.8 Å². The number of aromatic nitrogens is 4. The molecule has 42 heavy (non-hydrogen) atoms. The first-order valence-corrected chi connectivity index (χ1v) is 13.5. The Labute approximate surface area is 240 Å². The van der Waals surface area contributed by atoms with E-state index in [4.69, 9.17) is 4.74 Å². The van der Waals surface area contributed by atoms with Gasteiger partial charge in [0, 0.05) is 12.6 Å². The Hall–Kier alpha value is -4.32. The molecule has 0 aliphatic heterocycles. The quantitative estimate of drug-likeness (QED) is 0.128. The van der Waals surface area contributed by atoms with E-state index >= 15 is 0 Å². The van der Waals surface area contributed by atoms with Gasteiger partial charge in [-0.05, 0) is 78.8 Å². The minimum Gasteiger partial charge on any atom is -0.494 e. The first-order valence-electron chi connectivity index (χ1n) is 13.5. The summed E-state index contributed by atoms with van der Waals surface area (Å²) in [4.78, 5) is 20.9. The van der Waals surface area contributed by atoms with Gasteiger partial charge < -0.3 is 15.2 Å². The van der Waals surface area contributed by atoms with Crippen LogP contribution in [0.5, 0.6) is 5.75 Å². The first kappa shape index (κ1) is 30.6. The van der Waals surface area contributed by atoms with Crippen LogP contribution in [-0.4, -0.2) is 43.4 Å². The molecule has 4 rings (SSSR count). The number of carbonyl (C=O) groups is 1. The molecular formula is C30H31F4N5O3. The minimum absolute atomic E-state index is 0.0178. The second-order valence-corrected chi connectivity index (χ2v) is 9.85. The predicted octanol–water partition coefficient (Wildman–Crippen LogP) is 6.58. The van der Waals surface area contributed by atoms with Gasteiger partial charge in [0.25, 0.3) is 5.91 Å². The van der Waals surface area contributed by atoms with Crippen LogP contribution < -0.4 is 10.1 Å². The van der Waals surface area contributed by atoms with Crippen molar-refractivity contribution < 1.29 is 32.2 Å². The lowest BCUT2D eigenvalue weighted by molar-refractivity contribution is -0.137. The average molecular weight is 586 g/mol. The zero-order valence-corrected chi connectivity index (χ0v) is 23.1. The molecule has 0 spiro atoms. The van der Waals surface area contributed by atoms with E-state index in [2.05, 4.69) is 25.5 Å². The normalized spacial score (nSPS) is 11.9. The van der Waals surface area contributed by atoms with Gasteiger partial charge in [-0.2, -0.15) is 13.2 Å². The lowest BCUT2D eigenvalue weighted by Gasteiger charge is -2.25. The highest BCUT2D eigenvalue weighted by molar-refractivity contribution is 6.01. The lowest BCUT2D eigenvalue weighted by Crippen LogP contribution is -2.26. The monoisotopic (exact) mass is 585 g/mol. The van der Waals surface area contributed by atoms with Crippen LogP contribution in [0.3, 0.4) is 0 Å². The molecule has 0 aliphatic rings. The molecule has 2 heterocycles. The third-order valence-electron chi connectivity index (χ3n) is 7.03. The molecule has 4 aromatic rings. The molecule has 0 saturated carbocycles. The molecule has 0 fully saturated rings. The molecule has 0 saturated heterocycles. The molecule has 0 radical (unpaired) electrons. The number of nitrogens with zero attached hydrogens (tertiary/aromatic N) is 3. The highest BCUT2D eigenvalue weighted by Crippen LogP contribution is 2.39.